The molecule has 0 spiro atoms. The van der Waals surface area contributed by atoms with Gasteiger partial charge < -0.3 is 46.7 Å². The first-order valence-electron chi connectivity index (χ1n) is 19.2. The largest absolute Gasteiger partial charge is 0.446 e. The third-order valence-electron chi connectivity index (χ3n) is 10.2. The van der Waals surface area contributed by atoms with Crippen molar-refractivity contribution in [3.05, 3.63) is 120 Å². The normalized spacial score (nSPS) is 15.9. The van der Waals surface area contributed by atoms with Gasteiger partial charge in [-0.2, -0.15) is 0 Å². The Kier molecular flexibility index (Phi) is 9.92. The van der Waals surface area contributed by atoms with Crippen molar-refractivity contribution in [1.82, 2.24) is 40.5 Å². The summed E-state index contributed by atoms with van der Waals surface area (Å²) in [4.78, 5) is 54.4. The van der Waals surface area contributed by atoms with E-state index in [0.29, 0.717) is 11.5 Å². The lowest BCUT2D eigenvalue weighted by atomic mass is 10.2. The van der Waals surface area contributed by atoms with Gasteiger partial charge in [-0.1, -0.05) is 81.4 Å². The van der Waals surface area contributed by atoms with Crippen LogP contribution in [-0.2, 0) is 4.43 Å². The maximum Gasteiger partial charge on any atom is 0.273 e. The molecule has 8 aromatic rings. The Labute approximate surface area is 347 Å². The number of aromatic nitrogens is 6. The van der Waals surface area contributed by atoms with Crippen LogP contribution in [0.1, 0.15) is 77.1 Å². The number of fused-ring (bicyclic) bond motifs is 16. The predicted octanol–water partition coefficient (Wildman–Crippen LogP) is 5.72. The van der Waals surface area contributed by atoms with Gasteiger partial charge in [0.1, 0.15) is 48.7 Å². The van der Waals surface area contributed by atoms with Gasteiger partial charge in [-0.05, 0) is 29.3 Å². The molecule has 2 aromatic carbocycles. The van der Waals surface area contributed by atoms with Crippen LogP contribution in [0.3, 0.4) is 0 Å². The minimum absolute atomic E-state index is 0.0111. The van der Waals surface area contributed by atoms with Crippen LogP contribution < -0.4 is 21.0 Å². The molecule has 61 heavy (non-hydrogen) atoms. The second-order valence-corrected chi connectivity index (χ2v) is 19.6. The Morgan fingerprint density at radius 1 is 0.607 bits per heavy atom. The number of hydrogen-bond acceptors (Lipinski definition) is 16. The van der Waals surface area contributed by atoms with E-state index in [4.69, 9.17) is 35.9 Å². The zero-order valence-corrected chi connectivity index (χ0v) is 34.5. The molecule has 1 aliphatic rings. The molecule has 7 heterocycles. The molecule has 2 amide bonds. The number of rotatable bonds is 6. The van der Waals surface area contributed by atoms with Gasteiger partial charge >= 0.3 is 0 Å². The summed E-state index contributed by atoms with van der Waals surface area (Å²) in [5.41, 5.74) is 0.572. The lowest BCUT2D eigenvalue weighted by Gasteiger charge is -2.43. The highest BCUT2D eigenvalue weighted by molar-refractivity contribution is 6.99. The summed E-state index contributed by atoms with van der Waals surface area (Å²) in [5.74, 6) is -0.519. The number of benzene rings is 2. The quantitative estimate of drug-likeness (QED) is 0.169. The third-order valence-corrected chi connectivity index (χ3v) is 15.2. The van der Waals surface area contributed by atoms with Crippen LogP contribution in [-0.4, -0.2) is 68.4 Å². The van der Waals surface area contributed by atoms with Gasteiger partial charge in [0.15, 0.2) is 34.2 Å². The molecule has 9 rings (SSSR count). The molecule has 0 radical (unpaired) electrons. The summed E-state index contributed by atoms with van der Waals surface area (Å²) in [5, 5.41) is 17.5. The summed E-state index contributed by atoms with van der Waals surface area (Å²) in [6.07, 6.45) is 4.87. The SMILES string of the molecule is Cc1oc2nc1-c1nc(co1)C(=O)N[C@@H](CO)c1nc(co1)-c1nc(co1)-c1nc(co1)C(=O)N[C@@H](CO[Si](c1ccccc1)(c1ccccc1)C(C)(C)C)c1nc-2c(C)o1. The van der Waals surface area contributed by atoms with Crippen LogP contribution in [0.2, 0.25) is 5.04 Å². The Morgan fingerprint density at radius 3 is 1.74 bits per heavy atom. The van der Waals surface area contributed by atoms with Crippen LogP contribution >= 0.6 is 0 Å². The second kappa shape index (κ2) is 15.4. The van der Waals surface area contributed by atoms with E-state index in [-0.39, 0.29) is 76.1 Å². The van der Waals surface area contributed by atoms with Crippen LogP contribution in [0.4, 0.5) is 0 Å². The molecule has 3 N–H and O–H groups in total. The van der Waals surface area contributed by atoms with E-state index < -0.39 is 43.9 Å². The lowest BCUT2D eigenvalue weighted by Crippen LogP contribution is -2.67. The average Bonchev–Trinajstić information content (AvgIpc) is 4.11. The summed E-state index contributed by atoms with van der Waals surface area (Å²) < 4.78 is 42.2. The number of nitrogens with one attached hydrogen (secondary N) is 2. The van der Waals surface area contributed by atoms with E-state index >= 15 is 0 Å². The molecule has 6 aromatic heterocycles. The molecule has 0 saturated heterocycles. The number of carbonyl (C=O) groups excluding carboxylic acids is 2. The minimum Gasteiger partial charge on any atom is -0.446 e. The van der Waals surface area contributed by atoms with E-state index in [0.717, 1.165) is 16.6 Å². The molecular weight excluding hydrogens is 805 g/mol. The van der Waals surface area contributed by atoms with E-state index in [1.165, 1.54) is 18.8 Å². The molecule has 0 saturated carbocycles. The number of nitrogens with zero attached hydrogens (tertiary/aromatic N) is 6. The van der Waals surface area contributed by atoms with Gasteiger partial charge in [0, 0.05) is 0 Å². The first-order chi connectivity index (χ1) is 29.4. The van der Waals surface area contributed by atoms with Crippen molar-refractivity contribution >= 4 is 30.5 Å². The van der Waals surface area contributed by atoms with Gasteiger partial charge in [-0.3, -0.25) is 9.59 Å². The Morgan fingerprint density at radius 2 is 1.11 bits per heavy atom. The van der Waals surface area contributed by atoms with E-state index in [9.17, 15) is 14.7 Å². The van der Waals surface area contributed by atoms with E-state index in [1.54, 1.807) is 13.8 Å². The van der Waals surface area contributed by atoms with E-state index in [2.05, 4.69) is 80.6 Å². The monoisotopic (exact) mass is 842 g/mol. The van der Waals surface area contributed by atoms with Crippen LogP contribution in [0.5, 0.6) is 0 Å². The van der Waals surface area contributed by atoms with Crippen LogP contribution in [0, 0.1) is 13.8 Å². The number of carbonyl (C=O) groups is 2. The fourth-order valence-corrected chi connectivity index (χ4v) is 11.8. The van der Waals surface area contributed by atoms with Gasteiger partial charge in [0.2, 0.25) is 35.3 Å². The van der Waals surface area contributed by atoms with Crippen molar-refractivity contribution in [2.75, 3.05) is 13.2 Å². The first-order valence-corrected chi connectivity index (χ1v) is 21.1. The van der Waals surface area contributed by atoms with E-state index in [1.807, 2.05) is 36.4 Å². The summed E-state index contributed by atoms with van der Waals surface area (Å²) in [6.45, 7) is 9.17. The smallest absolute Gasteiger partial charge is 0.273 e. The maximum atomic E-state index is 14.1. The van der Waals surface area contributed by atoms with Crippen LogP contribution in [0.25, 0.3) is 46.3 Å². The molecule has 0 fully saturated rings. The fraction of sp³-hybridized carbons (Fsp3) is 0.238. The topological polar surface area (TPSA) is 244 Å². The molecule has 18 nitrogen and oxygen atoms in total. The van der Waals surface area contributed by atoms with Crippen molar-refractivity contribution in [3.63, 3.8) is 0 Å². The molecule has 1 aliphatic heterocycles. The number of aliphatic hydroxyl groups is 1. The highest BCUT2D eigenvalue weighted by Crippen LogP contribution is 2.38. The highest BCUT2D eigenvalue weighted by Gasteiger charge is 2.51. The Balaban J connectivity index is 1.14. The number of amides is 2. The van der Waals surface area contributed by atoms with Crippen LogP contribution in [0.15, 0.2) is 112 Å². The predicted molar refractivity (Wildman–Crippen MR) is 216 cm³/mol. The summed E-state index contributed by atoms with van der Waals surface area (Å²) in [7, 11) is -3.13. The molecule has 19 heteroatoms. The zero-order chi connectivity index (χ0) is 42.5. The summed E-state index contributed by atoms with van der Waals surface area (Å²) >= 11 is 0. The van der Waals surface area contributed by atoms with Gasteiger partial charge in [0.05, 0.1) is 13.2 Å². The third kappa shape index (κ3) is 7.17. The van der Waals surface area contributed by atoms with Crippen molar-refractivity contribution < 1.29 is 45.6 Å². The van der Waals surface area contributed by atoms with Crippen molar-refractivity contribution in [1.29, 1.82) is 0 Å². The molecule has 12 bridgehead atoms. The molecule has 0 unspecified atom stereocenters. The minimum atomic E-state index is -3.13. The lowest BCUT2D eigenvalue weighted by molar-refractivity contribution is 0.0894. The van der Waals surface area contributed by atoms with Gasteiger partial charge in [-0.15, -0.1) is 0 Å². The number of aryl methyl sites for hydroxylation is 2. The Hall–Kier alpha value is -7.22. The molecule has 0 aliphatic carbocycles. The van der Waals surface area contributed by atoms with Gasteiger partial charge in [-0.25, -0.2) is 29.9 Å². The fourth-order valence-electron chi connectivity index (χ4n) is 7.27. The average molecular weight is 843 g/mol. The molecular formula is C42H38N8O10Si. The molecule has 310 valence electrons. The first kappa shape index (κ1) is 39.2. The summed E-state index contributed by atoms with van der Waals surface area (Å²) in [6, 6.07) is 18.1. The van der Waals surface area contributed by atoms with Crippen molar-refractivity contribution in [2.24, 2.45) is 0 Å². The van der Waals surface area contributed by atoms with Crippen molar-refractivity contribution in [3.8, 4) is 46.3 Å². The number of oxazole rings is 6. The second-order valence-electron chi connectivity index (χ2n) is 15.3. The maximum absolute atomic E-state index is 14.1. The van der Waals surface area contributed by atoms with Gasteiger partial charge in [0.25, 0.3) is 20.1 Å². The Bertz CT molecular complexity index is 2810. The zero-order valence-electron chi connectivity index (χ0n) is 33.5. The van der Waals surface area contributed by atoms with Crippen molar-refractivity contribution in [2.45, 2.75) is 51.7 Å². The number of hydrogen-bond donors (Lipinski definition) is 3. The standard InChI is InChI=1S/C42H38N8O10Si/c1-22-32-40-46-28(18-57-40)34(52)43-26(16-51)36-47-30(19-55-36)38-48-29(20-56-38)37-45-27(17-54-37)35(53)44-31(39-49-33(23(2)59-39)41(50-32)60-22)21-58-61(42(3,4)5,24-12-8-6-9-13-24)25-14-10-7-11-15-25/h6-15,17-20,26,31,51H,16,21H2,1-5H3,(H,43,52)(H,44,53)/t26-,31-/m0/s1. The number of aliphatic hydroxyl groups excluding tert-OH is 1. The highest BCUT2D eigenvalue weighted by atomic mass is 28.4. The molecule has 2 atom stereocenters.